The molecule has 3 heterocycles. The molecule has 0 radical (unpaired) electrons. The van der Waals surface area contributed by atoms with Crippen LogP contribution in [0.15, 0.2) is 188 Å². The van der Waals surface area contributed by atoms with E-state index in [0.29, 0.717) is 0 Å². The van der Waals surface area contributed by atoms with Gasteiger partial charge >= 0.3 is 0 Å². The maximum Gasteiger partial charge on any atom is 0.138 e. The van der Waals surface area contributed by atoms with Crippen molar-refractivity contribution in [2.24, 2.45) is 0 Å². The molecule has 10 rings (SSSR count). The Morgan fingerprint density at radius 2 is 0.923 bits per heavy atom. The molecule has 0 fully saturated rings. The summed E-state index contributed by atoms with van der Waals surface area (Å²) in [5, 5.41) is 4.73. The van der Waals surface area contributed by atoms with Gasteiger partial charge in [0.1, 0.15) is 5.82 Å². The van der Waals surface area contributed by atoms with Crippen LogP contribution < -0.4 is 4.90 Å². The summed E-state index contributed by atoms with van der Waals surface area (Å²) >= 11 is 0. The first-order valence-electron chi connectivity index (χ1n) is 17.4. The fraction of sp³-hybridized carbons (Fsp3) is 0. The van der Waals surface area contributed by atoms with Crippen LogP contribution in [0.3, 0.4) is 0 Å². The minimum absolute atomic E-state index is 0.839. The fourth-order valence-electron chi connectivity index (χ4n) is 7.33. The Morgan fingerprint density at radius 1 is 0.423 bits per heavy atom. The largest absolute Gasteiger partial charge is 0.309 e. The highest BCUT2D eigenvalue weighted by atomic mass is 15.2. The number of rotatable bonds is 6. The first-order chi connectivity index (χ1) is 25.8. The number of fused-ring (bicyclic) bond motifs is 5. The summed E-state index contributed by atoms with van der Waals surface area (Å²) in [5.41, 5.74) is 11.0. The average Bonchev–Trinajstić information content (AvgIpc) is 3.56. The number of benzene rings is 7. The molecule has 5 heteroatoms. The maximum absolute atomic E-state index is 5.13. The van der Waals surface area contributed by atoms with E-state index in [1.54, 1.807) is 0 Å². The molecule has 0 amide bonds. The van der Waals surface area contributed by atoms with Crippen molar-refractivity contribution in [1.82, 2.24) is 19.5 Å². The zero-order valence-corrected chi connectivity index (χ0v) is 28.1. The van der Waals surface area contributed by atoms with E-state index in [0.717, 1.165) is 67.2 Å². The van der Waals surface area contributed by atoms with Crippen LogP contribution in [0.25, 0.3) is 71.8 Å². The van der Waals surface area contributed by atoms with Gasteiger partial charge in [0.2, 0.25) is 0 Å². The van der Waals surface area contributed by atoms with E-state index in [2.05, 4.69) is 143 Å². The lowest BCUT2D eigenvalue weighted by Crippen LogP contribution is -2.11. The summed E-state index contributed by atoms with van der Waals surface area (Å²) < 4.78 is 2.34. The molecule has 3 aromatic heterocycles. The Morgan fingerprint density at radius 3 is 1.56 bits per heavy atom. The monoisotopic (exact) mass is 665 g/mol. The second-order valence-electron chi connectivity index (χ2n) is 12.9. The van der Waals surface area contributed by atoms with Crippen LogP contribution in [-0.4, -0.2) is 19.5 Å². The lowest BCUT2D eigenvalue weighted by atomic mass is 10.0. The zero-order valence-electron chi connectivity index (χ0n) is 28.1. The fourth-order valence-corrected chi connectivity index (χ4v) is 7.33. The second-order valence-corrected chi connectivity index (χ2v) is 12.9. The predicted molar refractivity (Wildman–Crippen MR) is 215 cm³/mol. The van der Waals surface area contributed by atoms with Gasteiger partial charge in [0, 0.05) is 50.5 Å². The van der Waals surface area contributed by atoms with E-state index in [4.69, 9.17) is 15.0 Å². The number of pyridine rings is 1. The molecular weight excluding hydrogens is 635 g/mol. The van der Waals surface area contributed by atoms with Gasteiger partial charge < -0.3 is 4.57 Å². The lowest BCUT2D eigenvalue weighted by Gasteiger charge is -2.25. The molecule has 244 valence electrons. The van der Waals surface area contributed by atoms with E-state index in [-0.39, 0.29) is 0 Å². The Balaban J connectivity index is 1.10. The molecule has 10 aromatic rings. The number of anilines is 3. The van der Waals surface area contributed by atoms with Gasteiger partial charge in [-0.3, -0.25) is 4.90 Å². The standard InChI is InChI=1S/C47H31N5/c1-2-12-32(13-3-1)46-47(50-42-19-9-8-18-41(42)49-46)33-22-24-36(25-23-33)51(45-30-34-14-4-5-15-35(34)31-48-45)37-26-28-38(29-27-37)52-43-20-10-6-16-39(43)40-17-7-11-21-44(40)52/h1-31H. The molecule has 0 aliphatic heterocycles. The highest BCUT2D eigenvalue weighted by Crippen LogP contribution is 2.39. The van der Waals surface area contributed by atoms with E-state index in [9.17, 15) is 0 Å². The van der Waals surface area contributed by atoms with E-state index in [1.165, 1.54) is 21.8 Å². The Kier molecular flexibility index (Phi) is 7.07. The summed E-state index contributed by atoms with van der Waals surface area (Å²) in [6.45, 7) is 0. The Bertz CT molecular complexity index is 2840. The van der Waals surface area contributed by atoms with Crippen molar-refractivity contribution in [3.63, 3.8) is 0 Å². The normalized spacial score (nSPS) is 11.5. The molecule has 0 atom stereocenters. The molecule has 0 spiro atoms. The molecule has 0 bridgehead atoms. The van der Waals surface area contributed by atoms with E-state index >= 15 is 0 Å². The van der Waals surface area contributed by atoms with Gasteiger partial charge in [-0.2, -0.15) is 0 Å². The number of aromatic nitrogens is 4. The summed E-state index contributed by atoms with van der Waals surface area (Å²) in [6, 6.07) is 63.4. The summed E-state index contributed by atoms with van der Waals surface area (Å²) in [5.74, 6) is 0.839. The van der Waals surface area contributed by atoms with Crippen LogP contribution >= 0.6 is 0 Å². The second kappa shape index (κ2) is 12.3. The van der Waals surface area contributed by atoms with Crippen molar-refractivity contribution < 1.29 is 0 Å². The van der Waals surface area contributed by atoms with Crippen molar-refractivity contribution in [2.45, 2.75) is 0 Å². The molecule has 0 aliphatic carbocycles. The first-order valence-corrected chi connectivity index (χ1v) is 17.4. The molecule has 7 aromatic carbocycles. The zero-order chi connectivity index (χ0) is 34.4. The third-order valence-corrected chi connectivity index (χ3v) is 9.81. The third-order valence-electron chi connectivity index (χ3n) is 9.81. The average molecular weight is 666 g/mol. The van der Waals surface area contributed by atoms with Gasteiger partial charge in [-0.15, -0.1) is 0 Å². The summed E-state index contributed by atoms with van der Waals surface area (Å²) in [4.78, 5) is 17.4. The number of hydrogen-bond acceptors (Lipinski definition) is 4. The van der Waals surface area contributed by atoms with Crippen LogP contribution in [0.5, 0.6) is 0 Å². The van der Waals surface area contributed by atoms with E-state index in [1.807, 2.05) is 54.7 Å². The van der Waals surface area contributed by atoms with Crippen LogP contribution in [0.2, 0.25) is 0 Å². The van der Waals surface area contributed by atoms with Gasteiger partial charge in [-0.05, 0) is 72.1 Å². The minimum Gasteiger partial charge on any atom is -0.309 e. The summed E-state index contributed by atoms with van der Waals surface area (Å²) in [7, 11) is 0. The van der Waals surface area contributed by atoms with Crippen LogP contribution in [0.4, 0.5) is 17.2 Å². The van der Waals surface area contributed by atoms with Crippen molar-refractivity contribution in [3.8, 4) is 28.2 Å². The van der Waals surface area contributed by atoms with Gasteiger partial charge in [0.15, 0.2) is 0 Å². The van der Waals surface area contributed by atoms with Crippen LogP contribution in [-0.2, 0) is 0 Å². The number of nitrogens with zero attached hydrogens (tertiary/aromatic N) is 5. The highest BCUT2D eigenvalue weighted by Gasteiger charge is 2.18. The molecular formula is C47H31N5. The topological polar surface area (TPSA) is 46.8 Å². The van der Waals surface area contributed by atoms with Gasteiger partial charge in [0.25, 0.3) is 0 Å². The number of para-hydroxylation sites is 4. The molecule has 0 saturated heterocycles. The van der Waals surface area contributed by atoms with Gasteiger partial charge in [-0.1, -0.05) is 115 Å². The van der Waals surface area contributed by atoms with Crippen molar-refractivity contribution in [1.29, 1.82) is 0 Å². The first kappa shape index (κ1) is 29.8. The smallest absolute Gasteiger partial charge is 0.138 e. The molecule has 52 heavy (non-hydrogen) atoms. The molecule has 5 nitrogen and oxygen atoms in total. The van der Waals surface area contributed by atoms with Crippen molar-refractivity contribution in [3.05, 3.63) is 188 Å². The van der Waals surface area contributed by atoms with Crippen LogP contribution in [0, 0.1) is 0 Å². The Hall–Kier alpha value is -7.11. The minimum atomic E-state index is 0.839. The molecule has 0 aliphatic rings. The SMILES string of the molecule is c1ccc(-c2nc3ccccc3nc2-c2ccc(N(c3ccc(-n4c5ccccc5c5ccccc54)cc3)c3cc4ccccc4cn3)cc2)cc1. The number of hydrogen-bond donors (Lipinski definition) is 0. The highest BCUT2D eigenvalue weighted by molar-refractivity contribution is 6.09. The predicted octanol–water partition coefficient (Wildman–Crippen LogP) is 12.1. The molecule has 0 saturated carbocycles. The van der Waals surface area contributed by atoms with Crippen LogP contribution in [0.1, 0.15) is 0 Å². The quantitative estimate of drug-likeness (QED) is 0.177. The Labute approximate surface area is 300 Å². The summed E-state index contributed by atoms with van der Waals surface area (Å²) in [6.07, 6.45) is 1.95. The molecule has 0 N–H and O–H groups in total. The molecule has 0 unspecified atom stereocenters. The lowest BCUT2D eigenvalue weighted by molar-refractivity contribution is 1.16. The van der Waals surface area contributed by atoms with E-state index < -0.39 is 0 Å². The van der Waals surface area contributed by atoms with Gasteiger partial charge in [-0.25, -0.2) is 15.0 Å². The third kappa shape index (κ3) is 5.07. The van der Waals surface area contributed by atoms with Gasteiger partial charge in [0.05, 0.1) is 33.5 Å². The maximum atomic E-state index is 5.13. The van der Waals surface area contributed by atoms with Crippen molar-refractivity contribution >= 4 is 60.8 Å². The van der Waals surface area contributed by atoms with Crippen molar-refractivity contribution in [2.75, 3.05) is 4.90 Å².